The highest BCUT2D eigenvalue weighted by atomic mass is 35.5. The van der Waals surface area contributed by atoms with Crippen molar-refractivity contribution >= 4 is 34.7 Å². The maximum absolute atomic E-state index is 10.9. The van der Waals surface area contributed by atoms with Gasteiger partial charge in [-0.15, -0.1) is 0 Å². The molecule has 1 amide bonds. The van der Waals surface area contributed by atoms with E-state index in [9.17, 15) is 4.79 Å². The highest BCUT2D eigenvalue weighted by Gasteiger charge is 2.01. The molecule has 0 saturated heterocycles. The Morgan fingerprint density at radius 1 is 1.16 bits per heavy atom. The molecule has 0 fully saturated rings. The minimum Gasteiger partial charge on any atom is -0.340 e. The van der Waals surface area contributed by atoms with Crippen molar-refractivity contribution in [3.63, 3.8) is 0 Å². The Hall–Kier alpha value is -2.14. The largest absolute Gasteiger partial charge is 0.340 e. The third-order valence-corrected chi connectivity index (χ3v) is 2.48. The fourth-order valence-electron chi connectivity index (χ4n) is 1.58. The number of carbonyl (C=O) groups excluding carboxylic acids is 1. The average molecular weight is 277 g/mol. The molecule has 1 aromatic heterocycles. The highest BCUT2D eigenvalue weighted by molar-refractivity contribution is 6.29. The summed E-state index contributed by atoms with van der Waals surface area (Å²) in [5.41, 5.74) is 1.60. The lowest BCUT2D eigenvalue weighted by Gasteiger charge is -2.08. The van der Waals surface area contributed by atoms with Gasteiger partial charge in [-0.2, -0.15) is 0 Å². The first-order valence-corrected chi connectivity index (χ1v) is 6.06. The fraction of sp³-hybridized carbons (Fsp3) is 0.154. The average Bonchev–Trinajstić information content (AvgIpc) is 2.29. The zero-order valence-electron chi connectivity index (χ0n) is 10.6. The topological polar surface area (TPSA) is 66.9 Å². The molecule has 2 N–H and O–H groups in total. The van der Waals surface area contributed by atoms with E-state index < -0.39 is 0 Å². The Morgan fingerprint density at radius 3 is 2.37 bits per heavy atom. The zero-order valence-corrected chi connectivity index (χ0v) is 11.3. The molecular weight excluding hydrogens is 264 g/mol. The van der Waals surface area contributed by atoms with Crippen LogP contribution in [0.15, 0.2) is 30.3 Å². The van der Waals surface area contributed by atoms with Crippen LogP contribution in [-0.4, -0.2) is 15.9 Å². The number of benzene rings is 1. The number of hydrogen-bond donors (Lipinski definition) is 2. The normalized spacial score (nSPS) is 10.1. The monoisotopic (exact) mass is 276 g/mol. The molecule has 19 heavy (non-hydrogen) atoms. The van der Waals surface area contributed by atoms with Crippen molar-refractivity contribution in [1.29, 1.82) is 0 Å². The van der Waals surface area contributed by atoms with Crippen molar-refractivity contribution in [3.05, 3.63) is 41.3 Å². The molecule has 1 aromatic carbocycles. The Balaban J connectivity index is 2.12. The summed E-state index contributed by atoms with van der Waals surface area (Å²) in [4.78, 5) is 19.1. The first kappa shape index (κ1) is 13.3. The summed E-state index contributed by atoms with van der Waals surface area (Å²) in [6.07, 6.45) is 0. The second-order valence-electron chi connectivity index (χ2n) is 4.01. The number of anilines is 3. The molecule has 0 saturated carbocycles. The van der Waals surface area contributed by atoms with E-state index in [1.54, 1.807) is 25.1 Å². The Kier molecular flexibility index (Phi) is 3.97. The summed E-state index contributed by atoms with van der Waals surface area (Å²) in [5, 5.41) is 6.21. The third kappa shape index (κ3) is 3.93. The first-order valence-electron chi connectivity index (χ1n) is 5.69. The number of carbonyl (C=O) groups is 1. The lowest BCUT2D eigenvalue weighted by atomic mass is 10.2. The fourth-order valence-corrected chi connectivity index (χ4v) is 1.81. The number of nitrogens with zero attached hydrogens (tertiary/aromatic N) is 2. The predicted octanol–water partition coefficient (Wildman–Crippen LogP) is 3.14. The number of hydrogen-bond acceptors (Lipinski definition) is 4. The summed E-state index contributed by atoms with van der Waals surface area (Å²) in [6, 6.07) is 8.95. The van der Waals surface area contributed by atoms with Gasteiger partial charge in [-0.05, 0) is 31.2 Å². The van der Waals surface area contributed by atoms with Crippen LogP contribution in [0.1, 0.15) is 12.7 Å². The van der Waals surface area contributed by atoms with Crippen molar-refractivity contribution in [2.24, 2.45) is 0 Å². The van der Waals surface area contributed by atoms with Gasteiger partial charge in [0.05, 0.1) is 0 Å². The quantitative estimate of drug-likeness (QED) is 0.845. The Labute approximate surface area is 116 Å². The van der Waals surface area contributed by atoms with Crippen LogP contribution in [0.2, 0.25) is 5.15 Å². The van der Waals surface area contributed by atoms with E-state index in [2.05, 4.69) is 20.6 Å². The molecule has 0 bridgehead atoms. The second-order valence-corrected chi connectivity index (χ2v) is 4.39. The summed E-state index contributed by atoms with van der Waals surface area (Å²) >= 11 is 5.86. The van der Waals surface area contributed by atoms with Crippen molar-refractivity contribution < 1.29 is 4.79 Å². The molecule has 5 nitrogen and oxygen atoms in total. The minimum atomic E-state index is -0.0982. The number of nitrogens with one attached hydrogen (secondary N) is 2. The second kappa shape index (κ2) is 5.67. The van der Waals surface area contributed by atoms with Gasteiger partial charge in [0.15, 0.2) is 0 Å². The molecule has 1 heterocycles. The third-order valence-electron chi connectivity index (χ3n) is 2.28. The van der Waals surface area contributed by atoms with Gasteiger partial charge in [-0.25, -0.2) is 9.97 Å². The molecule has 0 spiro atoms. The van der Waals surface area contributed by atoms with E-state index in [1.807, 2.05) is 12.1 Å². The number of halogens is 1. The van der Waals surface area contributed by atoms with E-state index in [0.29, 0.717) is 16.8 Å². The van der Waals surface area contributed by atoms with E-state index in [0.717, 1.165) is 11.4 Å². The predicted molar refractivity (Wildman–Crippen MR) is 75.8 cm³/mol. The molecule has 0 aliphatic rings. The molecule has 98 valence electrons. The van der Waals surface area contributed by atoms with Crippen LogP contribution in [0, 0.1) is 6.92 Å². The van der Waals surface area contributed by atoms with Crippen molar-refractivity contribution in [2.45, 2.75) is 13.8 Å². The molecule has 2 aromatic rings. The van der Waals surface area contributed by atoms with Crippen LogP contribution in [0.3, 0.4) is 0 Å². The Morgan fingerprint density at radius 2 is 1.79 bits per heavy atom. The van der Waals surface area contributed by atoms with Crippen LogP contribution in [-0.2, 0) is 4.79 Å². The lowest BCUT2D eigenvalue weighted by molar-refractivity contribution is -0.114. The molecule has 0 unspecified atom stereocenters. The van der Waals surface area contributed by atoms with Crippen LogP contribution in [0.4, 0.5) is 17.2 Å². The number of aryl methyl sites for hydroxylation is 1. The molecule has 6 heteroatoms. The molecule has 2 rings (SSSR count). The summed E-state index contributed by atoms with van der Waals surface area (Å²) < 4.78 is 0. The Bertz CT molecular complexity index is 578. The smallest absolute Gasteiger partial charge is 0.221 e. The van der Waals surface area contributed by atoms with Crippen molar-refractivity contribution in [1.82, 2.24) is 9.97 Å². The van der Waals surface area contributed by atoms with Crippen LogP contribution >= 0.6 is 11.6 Å². The van der Waals surface area contributed by atoms with E-state index >= 15 is 0 Å². The van der Waals surface area contributed by atoms with Crippen molar-refractivity contribution in [2.75, 3.05) is 10.6 Å². The highest BCUT2D eigenvalue weighted by Crippen LogP contribution is 2.19. The maximum atomic E-state index is 10.9. The molecular formula is C13H13ClN4O. The number of aromatic nitrogens is 2. The molecule has 0 atom stereocenters. The maximum Gasteiger partial charge on any atom is 0.221 e. The number of rotatable bonds is 3. The number of amides is 1. The zero-order chi connectivity index (χ0) is 13.8. The van der Waals surface area contributed by atoms with E-state index in [-0.39, 0.29) is 5.91 Å². The van der Waals surface area contributed by atoms with Gasteiger partial charge in [0.2, 0.25) is 5.91 Å². The SMILES string of the molecule is CC(=O)Nc1ccc(Nc2cc(Cl)nc(C)n2)cc1. The first-order chi connectivity index (χ1) is 9.02. The van der Waals surface area contributed by atoms with Gasteiger partial charge in [-0.1, -0.05) is 11.6 Å². The van der Waals surface area contributed by atoms with Gasteiger partial charge in [-0.3, -0.25) is 4.79 Å². The van der Waals surface area contributed by atoms with Gasteiger partial charge < -0.3 is 10.6 Å². The van der Waals surface area contributed by atoms with E-state index in [4.69, 9.17) is 11.6 Å². The van der Waals surface area contributed by atoms with Crippen LogP contribution < -0.4 is 10.6 Å². The van der Waals surface area contributed by atoms with Gasteiger partial charge >= 0.3 is 0 Å². The molecule has 0 aliphatic carbocycles. The summed E-state index contributed by atoms with van der Waals surface area (Å²) in [6.45, 7) is 3.24. The van der Waals surface area contributed by atoms with Gasteiger partial charge in [0, 0.05) is 24.4 Å². The van der Waals surface area contributed by atoms with Crippen LogP contribution in [0.5, 0.6) is 0 Å². The summed E-state index contributed by atoms with van der Waals surface area (Å²) in [7, 11) is 0. The lowest BCUT2D eigenvalue weighted by Crippen LogP contribution is -2.05. The molecule has 0 aliphatic heterocycles. The standard InChI is InChI=1S/C13H13ClN4O/c1-8-15-12(14)7-13(16-8)18-11-5-3-10(4-6-11)17-9(2)19/h3-7H,1-2H3,(H,17,19)(H,15,16,18). The molecule has 0 radical (unpaired) electrons. The summed E-state index contributed by atoms with van der Waals surface area (Å²) in [5.74, 6) is 1.13. The van der Waals surface area contributed by atoms with Gasteiger partial charge in [0.1, 0.15) is 16.8 Å². The van der Waals surface area contributed by atoms with Crippen LogP contribution in [0.25, 0.3) is 0 Å². The van der Waals surface area contributed by atoms with Crippen molar-refractivity contribution in [3.8, 4) is 0 Å². The minimum absolute atomic E-state index is 0.0982. The van der Waals surface area contributed by atoms with E-state index in [1.165, 1.54) is 6.92 Å². The van der Waals surface area contributed by atoms with Gasteiger partial charge in [0.25, 0.3) is 0 Å².